The number of furan rings is 1. The highest BCUT2D eigenvalue weighted by Crippen LogP contribution is 2.42. The van der Waals surface area contributed by atoms with E-state index in [4.69, 9.17) is 9.15 Å². The third-order valence-electron chi connectivity index (χ3n) is 7.70. The van der Waals surface area contributed by atoms with Crippen molar-refractivity contribution in [2.24, 2.45) is 5.41 Å². The predicted molar refractivity (Wildman–Crippen MR) is 119 cm³/mol. The Hall–Kier alpha value is -1.59. The van der Waals surface area contributed by atoms with Crippen LogP contribution in [-0.4, -0.2) is 48.7 Å². The second-order valence-electron chi connectivity index (χ2n) is 10.2. The molecule has 1 aliphatic carbocycles. The molecule has 4 rings (SSSR count). The molecule has 166 valence electrons. The lowest BCUT2D eigenvalue weighted by Gasteiger charge is -2.40. The summed E-state index contributed by atoms with van der Waals surface area (Å²) in [5.41, 5.74) is 3.74. The number of rotatable bonds is 6. The zero-order valence-corrected chi connectivity index (χ0v) is 19.0. The number of nitrogens with one attached hydrogen (secondary N) is 1. The second-order valence-corrected chi connectivity index (χ2v) is 10.2. The van der Waals surface area contributed by atoms with Crippen LogP contribution >= 0.6 is 0 Å². The van der Waals surface area contributed by atoms with Gasteiger partial charge in [0.15, 0.2) is 5.76 Å². The number of likely N-dealkylation sites (tertiary alicyclic amines) is 1. The fourth-order valence-electron chi connectivity index (χ4n) is 5.79. The van der Waals surface area contributed by atoms with Gasteiger partial charge in [-0.2, -0.15) is 0 Å². The van der Waals surface area contributed by atoms with Gasteiger partial charge in [0.1, 0.15) is 0 Å². The van der Waals surface area contributed by atoms with Crippen LogP contribution in [0, 0.1) is 5.41 Å². The molecule has 1 amide bonds. The van der Waals surface area contributed by atoms with Crippen LogP contribution in [0.2, 0.25) is 0 Å². The minimum absolute atomic E-state index is 0.0237. The Morgan fingerprint density at radius 3 is 2.73 bits per heavy atom. The molecule has 5 nitrogen and oxygen atoms in total. The van der Waals surface area contributed by atoms with Crippen molar-refractivity contribution < 1.29 is 13.9 Å². The molecular weight excluding hydrogens is 376 g/mol. The first-order chi connectivity index (χ1) is 14.4. The van der Waals surface area contributed by atoms with Gasteiger partial charge in [0.05, 0.1) is 18.0 Å². The van der Waals surface area contributed by atoms with Gasteiger partial charge in [-0.25, -0.2) is 0 Å². The maximum absolute atomic E-state index is 12.1. The summed E-state index contributed by atoms with van der Waals surface area (Å²) in [5, 5.41) is 2.95. The Kier molecular flexibility index (Phi) is 6.40. The Balaban J connectivity index is 1.21. The first kappa shape index (κ1) is 21.6. The number of piperidine rings is 1. The van der Waals surface area contributed by atoms with E-state index in [2.05, 4.69) is 31.0 Å². The average Bonchev–Trinajstić information content (AvgIpc) is 3.38. The first-order valence-corrected chi connectivity index (χ1v) is 11.8. The zero-order chi connectivity index (χ0) is 21.2. The molecular formula is C25H38N2O3. The molecule has 0 aromatic carbocycles. The standard InChI is InChI=1S/C25H38N2O3/c1-19-6-4-10-24(2,3)21(19)9-14-27-15-12-25(13-16-27)11-8-20(30-25)18-26-23(28)22-7-5-17-29-22/h5,7,17,20H,4,6,8-16,18H2,1-3H3,(H,26,28). The van der Waals surface area contributed by atoms with Gasteiger partial charge >= 0.3 is 0 Å². The highest BCUT2D eigenvalue weighted by atomic mass is 16.5. The maximum atomic E-state index is 12.1. The molecule has 0 saturated carbocycles. The molecule has 1 spiro atoms. The van der Waals surface area contributed by atoms with E-state index in [1.807, 2.05) is 0 Å². The van der Waals surface area contributed by atoms with Gasteiger partial charge in [-0.05, 0) is 75.8 Å². The van der Waals surface area contributed by atoms with E-state index >= 15 is 0 Å². The van der Waals surface area contributed by atoms with Crippen molar-refractivity contribution in [1.82, 2.24) is 10.2 Å². The molecule has 3 heterocycles. The third kappa shape index (κ3) is 4.83. The number of carbonyl (C=O) groups is 1. The summed E-state index contributed by atoms with van der Waals surface area (Å²) in [7, 11) is 0. The van der Waals surface area contributed by atoms with E-state index in [-0.39, 0.29) is 17.6 Å². The summed E-state index contributed by atoms with van der Waals surface area (Å²) >= 11 is 0. The molecule has 1 aromatic heterocycles. The lowest BCUT2D eigenvalue weighted by atomic mass is 9.71. The van der Waals surface area contributed by atoms with Crippen molar-refractivity contribution in [2.75, 3.05) is 26.2 Å². The van der Waals surface area contributed by atoms with Gasteiger partial charge in [-0.15, -0.1) is 0 Å². The highest BCUT2D eigenvalue weighted by Gasteiger charge is 2.42. The molecule has 0 bridgehead atoms. The summed E-state index contributed by atoms with van der Waals surface area (Å²) < 4.78 is 11.6. The molecule has 1 aromatic rings. The van der Waals surface area contributed by atoms with E-state index in [9.17, 15) is 4.79 Å². The summed E-state index contributed by atoms with van der Waals surface area (Å²) in [6, 6.07) is 3.42. The second kappa shape index (κ2) is 8.88. The predicted octanol–water partition coefficient (Wildman–Crippen LogP) is 4.94. The fourth-order valence-corrected chi connectivity index (χ4v) is 5.79. The van der Waals surface area contributed by atoms with E-state index in [1.165, 1.54) is 38.5 Å². The van der Waals surface area contributed by atoms with Crippen LogP contribution < -0.4 is 5.32 Å². The monoisotopic (exact) mass is 414 g/mol. The summed E-state index contributed by atoms with van der Waals surface area (Å²) in [4.78, 5) is 14.7. The lowest BCUT2D eigenvalue weighted by molar-refractivity contribution is -0.0753. The van der Waals surface area contributed by atoms with Crippen LogP contribution in [0.1, 0.15) is 82.7 Å². The van der Waals surface area contributed by atoms with E-state index < -0.39 is 0 Å². The van der Waals surface area contributed by atoms with Crippen molar-refractivity contribution in [2.45, 2.75) is 83.8 Å². The van der Waals surface area contributed by atoms with E-state index in [0.717, 1.165) is 38.8 Å². The van der Waals surface area contributed by atoms with Crippen LogP contribution in [0.15, 0.2) is 34.0 Å². The quantitative estimate of drug-likeness (QED) is 0.670. The average molecular weight is 415 g/mol. The molecule has 0 radical (unpaired) electrons. The van der Waals surface area contributed by atoms with Crippen molar-refractivity contribution in [3.8, 4) is 0 Å². The molecule has 2 fully saturated rings. The Labute approximate surface area is 181 Å². The van der Waals surface area contributed by atoms with Gasteiger partial charge < -0.3 is 19.4 Å². The smallest absolute Gasteiger partial charge is 0.287 e. The molecule has 1 unspecified atom stereocenters. The van der Waals surface area contributed by atoms with Crippen LogP contribution in [0.4, 0.5) is 0 Å². The van der Waals surface area contributed by atoms with Crippen LogP contribution in [0.5, 0.6) is 0 Å². The van der Waals surface area contributed by atoms with Crippen LogP contribution in [0.25, 0.3) is 0 Å². The molecule has 5 heteroatoms. The maximum Gasteiger partial charge on any atom is 0.287 e. The van der Waals surface area contributed by atoms with Gasteiger partial charge in [-0.3, -0.25) is 4.79 Å². The van der Waals surface area contributed by atoms with Gasteiger partial charge in [0.25, 0.3) is 5.91 Å². The zero-order valence-electron chi connectivity index (χ0n) is 19.0. The summed E-state index contributed by atoms with van der Waals surface area (Å²) in [6.07, 6.45) is 11.2. The van der Waals surface area contributed by atoms with E-state index in [0.29, 0.717) is 17.7 Å². The van der Waals surface area contributed by atoms with E-state index in [1.54, 1.807) is 23.3 Å². The molecule has 1 atom stereocenters. The SMILES string of the molecule is CC1=C(CCN2CCC3(CCC(CNC(=O)c4ccco4)O3)CC2)C(C)(C)CCC1. The fraction of sp³-hybridized carbons (Fsp3) is 0.720. The minimum Gasteiger partial charge on any atom is -0.459 e. The molecule has 3 aliphatic rings. The largest absolute Gasteiger partial charge is 0.459 e. The number of ether oxygens (including phenoxy) is 1. The number of nitrogens with zero attached hydrogens (tertiary/aromatic N) is 1. The Morgan fingerprint density at radius 2 is 2.03 bits per heavy atom. The number of hydrogen-bond donors (Lipinski definition) is 1. The lowest BCUT2D eigenvalue weighted by Crippen LogP contribution is -2.45. The van der Waals surface area contributed by atoms with Crippen molar-refractivity contribution in [1.29, 1.82) is 0 Å². The molecule has 2 aliphatic heterocycles. The van der Waals surface area contributed by atoms with Crippen molar-refractivity contribution in [3.05, 3.63) is 35.3 Å². The minimum atomic E-state index is -0.158. The Bertz CT molecular complexity index is 757. The van der Waals surface area contributed by atoms with Gasteiger partial charge in [0, 0.05) is 26.2 Å². The van der Waals surface area contributed by atoms with Gasteiger partial charge in [-0.1, -0.05) is 25.0 Å². The summed E-state index contributed by atoms with van der Waals surface area (Å²) in [5.74, 6) is 0.206. The number of amides is 1. The molecule has 30 heavy (non-hydrogen) atoms. The Morgan fingerprint density at radius 1 is 1.23 bits per heavy atom. The van der Waals surface area contributed by atoms with Crippen LogP contribution in [-0.2, 0) is 4.74 Å². The number of hydrogen-bond acceptors (Lipinski definition) is 4. The van der Waals surface area contributed by atoms with Gasteiger partial charge in [0.2, 0.25) is 0 Å². The van der Waals surface area contributed by atoms with Crippen LogP contribution in [0.3, 0.4) is 0 Å². The third-order valence-corrected chi connectivity index (χ3v) is 7.70. The molecule has 1 N–H and O–H groups in total. The number of allylic oxidation sites excluding steroid dienone is 1. The van der Waals surface area contributed by atoms with Crippen molar-refractivity contribution >= 4 is 5.91 Å². The topological polar surface area (TPSA) is 54.7 Å². The summed E-state index contributed by atoms with van der Waals surface area (Å²) in [6.45, 7) is 11.2. The van der Waals surface area contributed by atoms with Crippen molar-refractivity contribution in [3.63, 3.8) is 0 Å². The number of carbonyl (C=O) groups excluding carboxylic acids is 1. The molecule has 2 saturated heterocycles. The normalized spacial score (nSPS) is 26.3. The highest BCUT2D eigenvalue weighted by molar-refractivity contribution is 5.91. The first-order valence-electron chi connectivity index (χ1n) is 11.8.